The Hall–Kier alpha value is -1.70. The number of nitrogens with one attached hydrogen (secondary N) is 1. The lowest BCUT2D eigenvalue weighted by atomic mass is 10.2. The number of aromatic nitrogens is 1. The zero-order valence-electron chi connectivity index (χ0n) is 9.53. The fourth-order valence-corrected chi connectivity index (χ4v) is 2.12. The topological polar surface area (TPSA) is 24.9 Å². The van der Waals surface area contributed by atoms with Crippen molar-refractivity contribution in [3.63, 3.8) is 0 Å². The average Bonchev–Trinajstić information content (AvgIpc) is 2.80. The third kappa shape index (κ3) is 2.53. The minimum Gasteiger partial charge on any atom is -0.374 e. The van der Waals surface area contributed by atoms with E-state index in [1.807, 2.05) is 0 Å². The minimum atomic E-state index is -2.18. The molecule has 0 aliphatic carbocycles. The van der Waals surface area contributed by atoms with Crippen molar-refractivity contribution in [1.29, 1.82) is 0 Å². The van der Waals surface area contributed by atoms with Gasteiger partial charge in [-0.05, 0) is 6.92 Å². The Bertz CT molecular complexity index is 597. The lowest BCUT2D eigenvalue weighted by Gasteiger charge is -2.09. The quantitative estimate of drug-likeness (QED) is 0.529. The Morgan fingerprint density at radius 1 is 1.00 bits per heavy atom. The minimum absolute atomic E-state index is 0.128. The summed E-state index contributed by atoms with van der Waals surface area (Å²) in [4.78, 5) is 4.00. The summed E-state index contributed by atoms with van der Waals surface area (Å²) in [7, 11) is 0. The summed E-state index contributed by atoms with van der Waals surface area (Å²) >= 11 is 1.21. The molecule has 1 N–H and O–H groups in total. The normalized spacial score (nSPS) is 10.8. The van der Waals surface area contributed by atoms with Gasteiger partial charge >= 0.3 is 0 Å². The van der Waals surface area contributed by atoms with Crippen molar-refractivity contribution in [1.82, 2.24) is 4.98 Å². The van der Waals surface area contributed by atoms with E-state index in [9.17, 15) is 22.0 Å². The molecule has 0 atom stereocenters. The molecule has 2 rings (SSSR count). The third-order valence-corrected chi connectivity index (χ3v) is 3.26. The molecule has 102 valence electrons. The molecule has 0 fully saturated rings. The Morgan fingerprint density at radius 2 is 1.53 bits per heavy atom. The predicted molar refractivity (Wildman–Crippen MR) is 60.4 cm³/mol. The van der Waals surface area contributed by atoms with Crippen molar-refractivity contribution < 1.29 is 22.0 Å². The number of nitrogens with zero attached hydrogens (tertiary/aromatic N) is 1. The summed E-state index contributed by atoms with van der Waals surface area (Å²) in [5.74, 6) is -9.89. The monoisotopic (exact) mass is 294 g/mol. The molecular weight excluding hydrogens is 287 g/mol. The number of hydrogen-bond donors (Lipinski definition) is 1. The van der Waals surface area contributed by atoms with E-state index in [2.05, 4.69) is 10.3 Å². The van der Waals surface area contributed by atoms with Crippen LogP contribution in [-0.4, -0.2) is 4.98 Å². The largest absolute Gasteiger partial charge is 0.374 e. The molecule has 1 aromatic heterocycles. The molecule has 2 aromatic rings. The van der Waals surface area contributed by atoms with Gasteiger partial charge in [0.15, 0.2) is 23.3 Å². The van der Waals surface area contributed by atoms with Gasteiger partial charge in [0, 0.05) is 11.1 Å². The molecule has 8 heteroatoms. The van der Waals surface area contributed by atoms with Crippen LogP contribution < -0.4 is 5.32 Å². The standard InChI is InChI=1S/C11H7F5N2S/c1-4-3-19-5(18-4)2-17-11-9(15)7(13)6(12)8(14)10(11)16/h3,17H,2H2,1H3. The molecule has 0 saturated carbocycles. The van der Waals surface area contributed by atoms with Crippen LogP contribution in [-0.2, 0) is 6.54 Å². The van der Waals surface area contributed by atoms with Crippen LogP contribution in [0.2, 0.25) is 0 Å². The Balaban J connectivity index is 2.30. The molecule has 0 unspecified atom stereocenters. The highest BCUT2D eigenvalue weighted by Crippen LogP contribution is 2.27. The van der Waals surface area contributed by atoms with Crippen molar-refractivity contribution in [2.24, 2.45) is 0 Å². The van der Waals surface area contributed by atoms with E-state index < -0.39 is 34.8 Å². The van der Waals surface area contributed by atoms with Crippen LogP contribution in [0.1, 0.15) is 10.7 Å². The second kappa shape index (κ2) is 5.12. The van der Waals surface area contributed by atoms with Gasteiger partial charge in [-0.1, -0.05) is 0 Å². The van der Waals surface area contributed by atoms with Gasteiger partial charge in [0.1, 0.15) is 10.7 Å². The van der Waals surface area contributed by atoms with Gasteiger partial charge in [0.25, 0.3) is 0 Å². The fourth-order valence-electron chi connectivity index (χ4n) is 1.41. The van der Waals surface area contributed by atoms with Crippen LogP contribution in [0.15, 0.2) is 5.38 Å². The first-order valence-corrected chi connectivity index (χ1v) is 5.96. The molecule has 0 saturated heterocycles. The van der Waals surface area contributed by atoms with Gasteiger partial charge < -0.3 is 5.32 Å². The molecule has 1 aromatic carbocycles. The predicted octanol–water partition coefficient (Wildman–Crippen LogP) is 3.76. The van der Waals surface area contributed by atoms with Crippen LogP contribution >= 0.6 is 11.3 Å². The smallest absolute Gasteiger partial charge is 0.200 e. The zero-order chi connectivity index (χ0) is 14.2. The molecule has 2 nitrogen and oxygen atoms in total. The summed E-state index contributed by atoms with van der Waals surface area (Å²) in [6.07, 6.45) is 0. The SMILES string of the molecule is Cc1csc(CNc2c(F)c(F)c(F)c(F)c2F)n1. The maximum atomic E-state index is 13.3. The number of hydrogen-bond acceptors (Lipinski definition) is 3. The summed E-state index contributed by atoms with van der Waals surface area (Å²) in [5.41, 5.74) is -0.344. The van der Waals surface area contributed by atoms with Crippen LogP contribution in [0, 0.1) is 36.0 Å². The molecule has 0 radical (unpaired) electrons. The Morgan fingerprint density at radius 3 is 2.00 bits per heavy atom. The second-order valence-corrected chi connectivity index (χ2v) is 4.62. The van der Waals surface area contributed by atoms with E-state index in [-0.39, 0.29) is 6.54 Å². The number of aryl methyl sites for hydroxylation is 1. The first-order chi connectivity index (χ1) is 8.91. The first kappa shape index (κ1) is 13.7. The van der Waals surface area contributed by atoms with Gasteiger partial charge in [-0.3, -0.25) is 0 Å². The highest BCUT2D eigenvalue weighted by Gasteiger charge is 2.25. The lowest BCUT2D eigenvalue weighted by Crippen LogP contribution is -2.09. The van der Waals surface area contributed by atoms with Gasteiger partial charge in [0.05, 0.1) is 6.54 Å². The van der Waals surface area contributed by atoms with Gasteiger partial charge in [-0.2, -0.15) is 0 Å². The Kier molecular flexibility index (Phi) is 3.70. The van der Waals surface area contributed by atoms with Crippen LogP contribution in [0.5, 0.6) is 0 Å². The van der Waals surface area contributed by atoms with Crippen molar-refractivity contribution in [3.05, 3.63) is 45.2 Å². The van der Waals surface area contributed by atoms with Crippen molar-refractivity contribution in [2.75, 3.05) is 5.32 Å². The maximum Gasteiger partial charge on any atom is 0.200 e. The van der Waals surface area contributed by atoms with Gasteiger partial charge in [-0.25, -0.2) is 26.9 Å². The number of anilines is 1. The number of benzene rings is 1. The first-order valence-electron chi connectivity index (χ1n) is 5.08. The summed E-state index contributed by atoms with van der Waals surface area (Å²) in [5, 5.41) is 4.35. The van der Waals surface area contributed by atoms with Crippen LogP contribution in [0.25, 0.3) is 0 Å². The molecule has 0 bridgehead atoms. The van der Waals surface area contributed by atoms with Crippen molar-refractivity contribution in [2.45, 2.75) is 13.5 Å². The molecule has 0 aliphatic rings. The molecular formula is C11H7F5N2S. The zero-order valence-corrected chi connectivity index (χ0v) is 10.3. The van der Waals surface area contributed by atoms with E-state index in [0.29, 0.717) is 10.7 Å². The van der Waals surface area contributed by atoms with E-state index in [0.717, 1.165) is 0 Å². The van der Waals surface area contributed by atoms with E-state index in [1.165, 1.54) is 11.3 Å². The van der Waals surface area contributed by atoms with Crippen LogP contribution in [0.3, 0.4) is 0 Å². The molecule has 0 spiro atoms. The molecule has 1 heterocycles. The highest BCUT2D eigenvalue weighted by atomic mass is 32.1. The highest BCUT2D eigenvalue weighted by molar-refractivity contribution is 7.09. The van der Waals surface area contributed by atoms with Gasteiger partial charge in [-0.15, -0.1) is 11.3 Å². The average molecular weight is 294 g/mol. The molecule has 0 aliphatic heterocycles. The molecule has 0 amide bonds. The number of halogens is 5. The van der Waals surface area contributed by atoms with E-state index >= 15 is 0 Å². The summed E-state index contributed by atoms with van der Waals surface area (Å²) in [6.45, 7) is 1.59. The van der Waals surface area contributed by atoms with Crippen molar-refractivity contribution >= 4 is 17.0 Å². The summed E-state index contributed by atoms with van der Waals surface area (Å²) in [6, 6.07) is 0. The third-order valence-electron chi connectivity index (χ3n) is 2.29. The fraction of sp³-hybridized carbons (Fsp3) is 0.182. The maximum absolute atomic E-state index is 13.3. The summed E-state index contributed by atoms with van der Waals surface area (Å²) < 4.78 is 65.3. The van der Waals surface area contributed by atoms with Gasteiger partial charge in [0.2, 0.25) is 5.82 Å². The number of rotatable bonds is 3. The number of thiazole rings is 1. The van der Waals surface area contributed by atoms with Crippen molar-refractivity contribution in [3.8, 4) is 0 Å². The second-order valence-electron chi connectivity index (χ2n) is 3.68. The Labute approximate surface area is 108 Å². The van der Waals surface area contributed by atoms with Crippen LogP contribution in [0.4, 0.5) is 27.6 Å². The van der Waals surface area contributed by atoms with E-state index in [4.69, 9.17) is 0 Å². The molecule has 19 heavy (non-hydrogen) atoms. The lowest BCUT2D eigenvalue weighted by molar-refractivity contribution is 0.381. The van der Waals surface area contributed by atoms with E-state index in [1.54, 1.807) is 12.3 Å².